The highest BCUT2D eigenvalue weighted by Gasteiger charge is 2.20. The van der Waals surface area contributed by atoms with Crippen LogP contribution in [0.1, 0.15) is 17.3 Å². The maximum absolute atomic E-state index is 12.2. The maximum Gasteiger partial charge on any atom is 0.267 e. The van der Waals surface area contributed by atoms with Crippen molar-refractivity contribution in [2.75, 3.05) is 5.75 Å². The van der Waals surface area contributed by atoms with Crippen LogP contribution in [0.5, 0.6) is 0 Å². The van der Waals surface area contributed by atoms with Gasteiger partial charge < -0.3 is 5.32 Å². The normalized spacial score (nSPS) is 14.7. The van der Waals surface area contributed by atoms with Gasteiger partial charge in [0.2, 0.25) is 0 Å². The quantitative estimate of drug-likeness (QED) is 0.825. The molecule has 8 heteroatoms. The van der Waals surface area contributed by atoms with E-state index in [1.54, 1.807) is 15.4 Å². The predicted molar refractivity (Wildman–Crippen MR) is 78.4 cm³/mol. The van der Waals surface area contributed by atoms with Crippen molar-refractivity contribution in [1.82, 2.24) is 24.6 Å². The minimum absolute atomic E-state index is 0.0913. The Morgan fingerprint density at radius 3 is 3.19 bits per heavy atom. The van der Waals surface area contributed by atoms with Crippen LogP contribution in [0.25, 0.3) is 0 Å². The number of amides is 1. The van der Waals surface area contributed by atoms with E-state index in [0.29, 0.717) is 18.2 Å². The Morgan fingerprint density at radius 1 is 1.57 bits per heavy atom. The van der Waals surface area contributed by atoms with Crippen LogP contribution in [-0.4, -0.2) is 37.0 Å². The molecule has 0 saturated heterocycles. The Bertz CT molecular complexity index is 710. The van der Waals surface area contributed by atoms with Gasteiger partial charge in [0.05, 0.1) is 6.54 Å². The number of carbonyl (C=O) groups excluding carboxylic acids is 1. The first-order valence-electron chi connectivity index (χ1n) is 6.66. The van der Waals surface area contributed by atoms with Gasteiger partial charge in [0.15, 0.2) is 5.16 Å². The van der Waals surface area contributed by atoms with E-state index in [2.05, 4.69) is 15.4 Å². The zero-order chi connectivity index (χ0) is 14.8. The number of rotatable bonds is 4. The second-order valence-electron chi connectivity index (χ2n) is 4.86. The summed E-state index contributed by atoms with van der Waals surface area (Å²) in [7, 11) is 0. The van der Waals surface area contributed by atoms with Crippen LogP contribution < -0.4 is 10.9 Å². The van der Waals surface area contributed by atoms with Crippen LogP contribution >= 0.6 is 11.8 Å². The molecule has 0 bridgehead atoms. The lowest BCUT2D eigenvalue weighted by molar-refractivity contribution is 0.0933. The highest BCUT2D eigenvalue weighted by Crippen LogP contribution is 2.20. The number of hydrogen-bond acceptors (Lipinski definition) is 5. The second-order valence-corrected chi connectivity index (χ2v) is 5.92. The number of aromatic nitrogens is 4. The van der Waals surface area contributed by atoms with Crippen molar-refractivity contribution >= 4 is 17.7 Å². The summed E-state index contributed by atoms with van der Waals surface area (Å²) in [4.78, 5) is 28.6. The van der Waals surface area contributed by atoms with Gasteiger partial charge in [0.1, 0.15) is 5.56 Å². The Labute approximate surface area is 125 Å². The number of thioether (sulfide) groups is 1. The molecule has 3 heterocycles. The number of carbonyl (C=O) groups is 1. The van der Waals surface area contributed by atoms with Crippen molar-refractivity contribution in [1.29, 1.82) is 0 Å². The smallest absolute Gasteiger partial charge is 0.267 e. The molecule has 0 aromatic carbocycles. The number of hydrogen-bond donors (Lipinski definition) is 1. The SMILES string of the molecule is C[C@@H](Cn1cccn1)NC(=O)c1cnc2n(c1=O)CCS2. The Hall–Kier alpha value is -2.09. The molecule has 0 saturated carbocycles. The third-order valence-corrected chi connectivity index (χ3v) is 4.17. The van der Waals surface area contributed by atoms with E-state index >= 15 is 0 Å². The van der Waals surface area contributed by atoms with Crippen LogP contribution in [0.2, 0.25) is 0 Å². The van der Waals surface area contributed by atoms with Gasteiger partial charge >= 0.3 is 0 Å². The van der Waals surface area contributed by atoms with E-state index in [1.165, 1.54) is 18.0 Å². The summed E-state index contributed by atoms with van der Waals surface area (Å²) in [6.07, 6.45) is 4.87. The monoisotopic (exact) mass is 305 g/mol. The molecule has 21 heavy (non-hydrogen) atoms. The van der Waals surface area contributed by atoms with Crippen molar-refractivity contribution in [3.63, 3.8) is 0 Å². The van der Waals surface area contributed by atoms with Crippen LogP contribution in [0.4, 0.5) is 0 Å². The topological polar surface area (TPSA) is 81.8 Å². The van der Waals surface area contributed by atoms with Gasteiger partial charge in [0.25, 0.3) is 11.5 Å². The van der Waals surface area contributed by atoms with E-state index in [9.17, 15) is 9.59 Å². The first kappa shape index (κ1) is 13.9. The maximum atomic E-state index is 12.2. The molecule has 3 rings (SSSR count). The molecule has 110 valence electrons. The van der Waals surface area contributed by atoms with Gasteiger partial charge in [-0.3, -0.25) is 18.8 Å². The molecule has 2 aromatic heterocycles. The van der Waals surface area contributed by atoms with Crippen LogP contribution in [-0.2, 0) is 13.1 Å². The molecule has 1 aliphatic rings. The molecule has 0 fully saturated rings. The summed E-state index contributed by atoms with van der Waals surface area (Å²) in [5.41, 5.74) is -0.178. The largest absolute Gasteiger partial charge is 0.347 e. The summed E-state index contributed by atoms with van der Waals surface area (Å²) in [5, 5.41) is 7.57. The lowest BCUT2D eigenvalue weighted by Crippen LogP contribution is -2.39. The van der Waals surface area contributed by atoms with Gasteiger partial charge in [-0.15, -0.1) is 0 Å². The Kier molecular flexibility index (Phi) is 3.78. The van der Waals surface area contributed by atoms with Gasteiger partial charge in [-0.2, -0.15) is 5.10 Å². The van der Waals surface area contributed by atoms with E-state index < -0.39 is 0 Å². The Morgan fingerprint density at radius 2 is 2.43 bits per heavy atom. The lowest BCUT2D eigenvalue weighted by atomic mass is 10.2. The van der Waals surface area contributed by atoms with Gasteiger partial charge in [0, 0.05) is 36.9 Å². The Balaban J connectivity index is 1.72. The third-order valence-electron chi connectivity index (χ3n) is 3.20. The molecule has 1 amide bonds. The number of nitrogens with one attached hydrogen (secondary N) is 1. The molecule has 0 unspecified atom stereocenters. The van der Waals surface area contributed by atoms with Crippen molar-refractivity contribution in [3.05, 3.63) is 40.6 Å². The number of nitrogens with zero attached hydrogens (tertiary/aromatic N) is 4. The molecule has 1 atom stereocenters. The first-order valence-corrected chi connectivity index (χ1v) is 7.64. The van der Waals surface area contributed by atoms with E-state index in [1.807, 2.05) is 19.2 Å². The standard InChI is InChI=1S/C13H15N5O2S/c1-9(8-17-4-2-3-15-17)16-11(19)10-7-14-13-18(12(10)20)5-6-21-13/h2-4,7,9H,5-6,8H2,1H3,(H,16,19)/t9-/m0/s1. The average Bonchev–Trinajstić information content (AvgIpc) is 3.09. The molecule has 0 spiro atoms. The predicted octanol–water partition coefficient (Wildman–Crippen LogP) is 0.364. The molecule has 7 nitrogen and oxygen atoms in total. The molecule has 0 radical (unpaired) electrons. The highest BCUT2D eigenvalue weighted by molar-refractivity contribution is 7.99. The minimum Gasteiger partial charge on any atom is -0.347 e. The van der Waals surface area contributed by atoms with E-state index in [4.69, 9.17) is 0 Å². The molecule has 1 aliphatic heterocycles. The molecular formula is C13H15N5O2S. The molecule has 0 aliphatic carbocycles. The van der Waals surface area contributed by atoms with Crippen molar-refractivity contribution in [3.8, 4) is 0 Å². The van der Waals surface area contributed by atoms with E-state index in [0.717, 1.165) is 5.75 Å². The zero-order valence-corrected chi connectivity index (χ0v) is 12.3. The van der Waals surface area contributed by atoms with Gasteiger partial charge in [-0.1, -0.05) is 11.8 Å². The van der Waals surface area contributed by atoms with Crippen molar-refractivity contribution in [2.45, 2.75) is 31.2 Å². The summed E-state index contributed by atoms with van der Waals surface area (Å²) in [6, 6.07) is 1.69. The van der Waals surface area contributed by atoms with Crippen LogP contribution in [0, 0.1) is 0 Å². The average molecular weight is 305 g/mol. The molecule has 1 N–H and O–H groups in total. The van der Waals surface area contributed by atoms with Crippen molar-refractivity contribution in [2.24, 2.45) is 0 Å². The van der Waals surface area contributed by atoms with Gasteiger partial charge in [-0.25, -0.2) is 4.98 Å². The third kappa shape index (κ3) is 2.85. The van der Waals surface area contributed by atoms with Gasteiger partial charge in [-0.05, 0) is 13.0 Å². The zero-order valence-electron chi connectivity index (χ0n) is 11.5. The summed E-state index contributed by atoms with van der Waals surface area (Å²) >= 11 is 1.53. The summed E-state index contributed by atoms with van der Waals surface area (Å²) in [6.45, 7) is 3.03. The fourth-order valence-electron chi connectivity index (χ4n) is 2.21. The molecular weight excluding hydrogens is 290 g/mol. The summed E-state index contributed by atoms with van der Waals surface area (Å²) in [5.74, 6) is 0.433. The van der Waals surface area contributed by atoms with Crippen LogP contribution in [0.3, 0.4) is 0 Å². The molecule has 2 aromatic rings. The first-order chi connectivity index (χ1) is 10.1. The van der Waals surface area contributed by atoms with E-state index in [-0.39, 0.29) is 23.1 Å². The lowest BCUT2D eigenvalue weighted by Gasteiger charge is -2.14. The fourth-order valence-corrected chi connectivity index (χ4v) is 3.12. The second kappa shape index (κ2) is 5.72. The fraction of sp³-hybridized carbons (Fsp3) is 0.385. The number of fused-ring (bicyclic) bond motifs is 1. The summed E-state index contributed by atoms with van der Waals surface area (Å²) < 4.78 is 3.28. The van der Waals surface area contributed by atoms with Crippen molar-refractivity contribution < 1.29 is 4.79 Å². The van der Waals surface area contributed by atoms with Crippen LogP contribution in [0.15, 0.2) is 34.6 Å². The highest BCUT2D eigenvalue weighted by atomic mass is 32.2. The minimum atomic E-state index is -0.389.